The number of hydrogen-bond donors (Lipinski definition) is 0. The van der Waals surface area contributed by atoms with Gasteiger partial charge in [-0.15, -0.1) is 0 Å². The first-order valence-electron chi connectivity index (χ1n) is 13.1. The fourth-order valence-corrected chi connectivity index (χ4v) is 6.21. The number of rotatable bonds is 7. The first kappa shape index (κ1) is 26.1. The van der Waals surface area contributed by atoms with Gasteiger partial charge in [0.2, 0.25) is 0 Å². The highest BCUT2D eigenvalue weighted by atomic mass is 32.2. The lowest BCUT2D eigenvalue weighted by molar-refractivity contribution is 0.820. The van der Waals surface area contributed by atoms with Crippen molar-refractivity contribution >= 4 is 45.3 Å². The van der Waals surface area contributed by atoms with Crippen LogP contribution < -0.4 is 11.1 Å². The Bertz CT molecular complexity index is 1820. The van der Waals surface area contributed by atoms with E-state index in [9.17, 15) is 9.59 Å². The number of hydrogen-bond acceptors (Lipinski definition) is 6. The van der Waals surface area contributed by atoms with E-state index in [0.29, 0.717) is 32.1 Å². The van der Waals surface area contributed by atoms with Gasteiger partial charge in [0.05, 0.1) is 33.2 Å². The average Bonchev–Trinajstić information content (AvgIpc) is 2.98. The van der Waals surface area contributed by atoms with Crippen LogP contribution in [-0.2, 0) is 0 Å². The normalized spacial score (nSPS) is 11.3. The summed E-state index contributed by atoms with van der Waals surface area (Å²) >= 11 is 3.10. The lowest BCUT2D eigenvalue weighted by Crippen LogP contribution is -2.21. The van der Waals surface area contributed by atoms with Crippen LogP contribution in [0.15, 0.2) is 117 Å². The van der Waals surface area contributed by atoms with Crippen molar-refractivity contribution in [2.45, 2.75) is 24.2 Å². The maximum atomic E-state index is 13.4. The summed E-state index contributed by atoms with van der Waals surface area (Å²) in [4.78, 5) is 36.3. The smallest absolute Gasteiger partial charge is 0.266 e. The zero-order valence-corrected chi connectivity index (χ0v) is 23.7. The lowest BCUT2D eigenvalue weighted by atomic mass is 10.0. The zero-order valence-electron chi connectivity index (χ0n) is 22.1. The molecule has 0 spiro atoms. The van der Waals surface area contributed by atoms with E-state index >= 15 is 0 Å². The molecular formula is C32H26N4O2S2. The molecule has 0 saturated carbocycles. The summed E-state index contributed by atoms with van der Waals surface area (Å²) in [5.41, 5.74) is 4.82. The van der Waals surface area contributed by atoms with Crippen molar-refractivity contribution in [2.24, 2.45) is 0 Å². The third-order valence-corrected chi connectivity index (χ3v) is 8.26. The van der Waals surface area contributed by atoms with E-state index in [4.69, 9.17) is 9.97 Å². The monoisotopic (exact) mass is 562 g/mol. The molecule has 0 unspecified atom stereocenters. The van der Waals surface area contributed by atoms with Crippen LogP contribution in [0.5, 0.6) is 0 Å². The second-order valence-corrected chi connectivity index (χ2v) is 11.5. The van der Waals surface area contributed by atoms with Crippen LogP contribution >= 0.6 is 23.5 Å². The molecule has 2 aromatic heterocycles. The first-order valence-corrected chi connectivity index (χ1v) is 15.1. The Labute approximate surface area is 239 Å². The maximum absolute atomic E-state index is 13.4. The van der Waals surface area contributed by atoms with Gasteiger partial charge in [0.25, 0.3) is 11.1 Å². The molecular weight excluding hydrogens is 537 g/mol. The van der Waals surface area contributed by atoms with E-state index < -0.39 is 0 Å². The molecule has 8 heteroatoms. The Balaban J connectivity index is 1.37. The summed E-state index contributed by atoms with van der Waals surface area (Å²) in [6.07, 6.45) is 0. The third-order valence-electron chi connectivity index (χ3n) is 6.62. The summed E-state index contributed by atoms with van der Waals surface area (Å²) in [6.45, 7) is 4.10. The summed E-state index contributed by atoms with van der Waals surface area (Å²) in [5, 5.41) is 2.56. The number of aromatic nitrogens is 4. The van der Waals surface area contributed by atoms with Gasteiger partial charge in [-0.3, -0.25) is 18.7 Å². The van der Waals surface area contributed by atoms with E-state index in [1.54, 1.807) is 32.7 Å². The quantitative estimate of drug-likeness (QED) is 0.155. The van der Waals surface area contributed by atoms with Crippen LogP contribution in [0.4, 0.5) is 0 Å². The SMILES string of the molecule is CCSc1nc2ccccc2c(=O)n1-c1ccc(-c2ccc(-n3c(SCC)nc4ccccc4c3=O)cc2)cc1. The summed E-state index contributed by atoms with van der Waals surface area (Å²) in [7, 11) is 0. The number of benzene rings is 4. The van der Waals surface area contributed by atoms with Crippen LogP contribution in [-0.4, -0.2) is 30.6 Å². The Hall–Kier alpha value is -4.14. The van der Waals surface area contributed by atoms with Gasteiger partial charge in [-0.05, 0) is 71.2 Å². The van der Waals surface area contributed by atoms with Gasteiger partial charge in [-0.1, -0.05) is 85.9 Å². The van der Waals surface area contributed by atoms with Gasteiger partial charge in [-0.25, -0.2) is 9.97 Å². The molecule has 40 heavy (non-hydrogen) atoms. The Morgan fingerprint density at radius 2 is 0.925 bits per heavy atom. The molecule has 0 atom stereocenters. The molecule has 6 nitrogen and oxygen atoms in total. The molecule has 0 amide bonds. The summed E-state index contributed by atoms with van der Waals surface area (Å²) in [6, 6.07) is 30.8. The standard InChI is InChI=1S/C32H26N4O2S2/c1-3-39-31-33-27-11-7-5-9-25(27)29(37)35(31)23-17-13-21(14-18-23)22-15-19-24(20-16-22)36-30(38)26-10-6-8-12-28(26)34-32(36)40-4-2/h5-20H,3-4H2,1-2H3. The number of thioether (sulfide) groups is 2. The molecule has 6 aromatic rings. The topological polar surface area (TPSA) is 69.8 Å². The minimum absolute atomic E-state index is 0.0751. The van der Waals surface area contributed by atoms with Gasteiger partial charge in [-0.2, -0.15) is 0 Å². The Morgan fingerprint density at radius 1 is 0.550 bits per heavy atom. The molecule has 0 aliphatic carbocycles. The van der Waals surface area contributed by atoms with E-state index in [0.717, 1.165) is 34.0 Å². The summed E-state index contributed by atoms with van der Waals surface area (Å²) in [5.74, 6) is 1.62. The third kappa shape index (κ3) is 4.74. The molecule has 0 bridgehead atoms. The van der Waals surface area contributed by atoms with Gasteiger partial charge >= 0.3 is 0 Å². The van der Waals surface area contributed by atoms with Crippen molar-refractivity contribution < 1.29 is 0 Å². The van der Waals surface area contributed by atoms with Crippen LogP contribution in [0, 0.1) is 0 Å². The molecule has 0 radical (unpaired) electrons. The molecule has 2 heterocycles. The highest BCUT2D eigenvalue weighted by molar-refractivity contribution is 7.99. The predicted molar refractivity (Wildman–Crippen MR) is 166 cm³/mol. The molecule has 0 fully saturated rings. The van der Waals surface area contributed by atoms with Gasteiger partial charge in [0, 0.05) is 0 Å². The maximum Gasteiger partial charge on any atom is 0.266 e. The van der Waals surface area contributed by atoms with Crippen LogP contribution in [0.25, 0.3) is 44.3 Å². The van der Waals surface area contributed by atoms with E-state index in [-0.39, 0.29) is 11.1 Å². The largest absolute Gasteiger partial charge is 0.268 e. The molecule has 4 aromatic carbocycles. The van der Waals surface area contributed by atoms with Crippen molar-refractivity contribution in [2.75, 3.05) is 11.5 Å². The van der Waals surface area contributed by atoms with Crippen LogP contribution in [0.1, 0.15) is 13.8 Å². The van der Waals surface area contributed by atoms with E-state index in [2.05, 4.69) is 13.8 Å². The highest BCUT2D eigenvalue weighted by Gasteiger charge is 2.15. The molecule has 0 aliphatic rings. The molecule has 0 N–H and O–H groups in total. The second kappa shape index (κ2) is 11.2. The van der Waals surface area contributed by atoms with Crippen LogP contribution in [0.3, 0.4) is 0 Å². The average molecular weight is 563 g/mol. The molecule has 0 aliphatic heterocycles. The number of nitrogens with zero attached hydrogens (tertiary/aromatic N) is 4. The molecule has 198 valence electrons. The van der Waals surface area contributed by atoms with Crippen molar-refractivity contribution in [3.8, 4) is 22.5 Å². The number of fused-ring (bicyclic) bond motifs is 2. The van der Waals surface area contributed by atoms with Crippen molar-refractivity contribution in [1.29, 1.82) is 0 Å². The van der Waals surface area contributed by atoms with Crippen LogP contribution in [0.2, 0.25) is 0 Å². The Kier molecular flexibility index (Phi) is 7.28. The van der Waals surface area contributed by atoms with Gasteiger partial charge in [0.15, 0.2) is 10.3 Å². The van der Waals surface area contributed by atoms with Crippen molar-refractivity contribution in [1.82, 2.24) is 19.1 Å². The lowest BCUT2D eigenvalue weighted by Gasteiger charge is -2.14. The Morgan fingerprint density at radius 3 is 1.30 bits per heavy atom. The fourth-order valence-electron chi connectivity index (χ4n) is 4.74. The predicted octanol–water partition coefficient (Wildman–Crippen LogP) is 6.98. The second-order valence-electron chi connectivity index (χ2n) is 9.06. The van der Waals surface area contributed by atoms with Gasteiger partial charge < -0.3 is 0 Å². The van der Waals surface area contributed by atoms with Crippen molar-refractivity contribution in [3.05, 3.63) is 118 Å². The van der Waals surface area contributed by atoms with Crippen molar-refractivity contribution in [3.63, 3.8) is 0 Å². The fraction of sp³-hybridized carbons (Fsp3) is 0.125. The number of para-hydroxylation sites is 2. The minimum Gasteiger partial charge on any atom is -0.268 e. The van der Waals surface area contributed by atoms with Gasteiger partial charge in [0.1, 0.15) is 0 Å². The summed E-state index contributed by atoms with van der Waals surface area (Å²) < 4.78 is 3.38. The molecule has 6 rings (SSSR count). The minimum atomic E-state index is -0.0751. The van der Waals surface area contributed by atoms with E-state index in [1.807, 2.05) is 97.1 Å². The van der Waals surface area contributed by atoms with E-state index in [1.165, 1.54) is 0 Å². The zero-order chi connectivity index (χ0) is 27.6. The highest BCUT2D eigenvalue weighted by Crippen LogP contribution is 2.27. The molecule has 0 saturated heterocycles. The first-order chi connectivity index (χ1) is 19.6.